The SMILES string of the molecule is O=C(OC[C@H]1O[C@H](OC(=Nc2ccccc2)C(F)(F)F)[C@H](N=Cc2ccccc2C(F)(F)F)[C@@H](OC(=O)c2ccccc2)[C@@H]1OC(=O)c1ccccc1)c1ccccc1. The van der Waals surface area contributed by atoms with Gasteiger partial charge in [0.05, 0.1) is 27.9 Å². The molecule has 304 valence electrons. The molecule has 1 heterocycles. The monoisotopic (exact) mass is 818 g/mol. The Bertz CT molecular complexity index is 2260. The minimum absolute atomic E-state index is 0.0208. The van der Waals surface area contributed by atoms with E-state index in [0.717, 1.165) is 18.2 Å². The maximum atomic E-state index is 14.7. The van der Waals surface area contributed by atoms with Crippen molar-refractivity contribution < 1.29 is 64.4 Å². The Hall–Kier alpha value is -6.81. The van der Waals surface area contributed by atoms with E-state index < -0.39 is 84.5 Å². The lowest BCUT2D eigenvalue weighted by Gasteiger charge is -2.43. The van der Waals surface area contributed by atoms with Gasteiger partial charge in [-0.3, -0.25) is 4.99 Å². The lowest BCUT2D eigenvalue weighted by molar-refractivity contribution is -0.248. The fourth-order valence-corrected chi connectivity index (χ4v) is 5.83. The molecule has 0 saturated carbocycles. The molecule has 0 N–H and O–H groups in total. The predicted molar refractivity (Wildman–Crippen MR) is 200 cm³/mol. The molecular formula is C43H32F6N2O8. The number of rotatable bonds is 11. The van der Waals surface area contributed by atoms with Crippen molar-refractivity contribution >= 4 is 35.7 Å². The van der Waals surface area contributed by atoms with Crippen molar-refractivity contribution in [3.05, 3.63) is 173 Å². The highest BCUT2D eigenvalue weighted by molar-refractivity contribution is 5.91. The highest BCUT2D eigenvalue weighted by atomic mass is 19.4. The zero-order valence-electron chi connectivity index (χ0n) is 30.5. The first kappa shape index (κ1) is 41.8. The number of hydrogen-bond donors (Lipinski definition) is 0. The van der Waals surface area contributed by atoms with Crippen molar-refractivity contribution in [1.82, 2.24) is 0 Å². The van der Waals surface area contributed by atoms with Gasteiger partial charge in [0.25, 0.3) is 5.90 Å². The Morgan fingerprint density at radius 2 is 1.07 bits per heavy atom. The first-order valence-electron chi connectivity index (χ1n) is 17.7. The van der Waals surface area contributed by atoms with Gasteiger partial charge in [-0.25, -0.2) is 19.4 Å². The van der Waals surface area contributed by atoms with E-state index in [4.69, 9.17) is 23.7 Å². The average Bonchev–Trinajstić information content (AvgIpc) is 3.23. The molecule has 0 aromatic heterocycles. The summed E-state index contributed by atoms with van der Waals surface area (Å²) in [6, 6.07) is 31.3. The van der Waals surface area contributed by atoms with Crippen molar-refractivity contribution in [3.63, 3.8) is 0 Å². The zero-order valence-corrected chi connectivity index (χ0v) is 30.5. The minimum Gasteiger partial charge on any atom is -0.459 e. The molecular weight excluding hydrogens is 786 g/mol. The van der Waals surface area contributed by atoms with E-state index in [-0.39, 0.29) is 22.4 Å². The summed E-state index contributed by atoms with van der Waals surface area (Å²) in [4.78, 5) is 48.4. The lowest BCUT2D eigenvalue weighted by Crippen LogP contribution is -2.62. The second-order valence-corrected chi connectivity index (χ2v) is 12.7. The Kier molecular flexibility index (Phi) is 13.2. The van der Waals surface area contributed by atoms with E-state index in [1.807, 2.05) is 0 Å². The van der Waals surface area contributed by atoms with Crippen molar-refractivity contribution in [2.45, 2.75) is 43.0 Å². The molecule has 0 aliphatic carbocycles. The molecule has 0 amide bonds. The third-order valence-corrected chi connectivity index (χ3v) is 8.62. The highest BCUT2D eigenvalue weighted by Gasteiger charge is 2.54. The third-order valence-electron chi connectivity index (χ3n) is 8.62. The highest BCUT2D eigenvalue weighted by Crippen LogP contribution is 2.35. The second kappa shape index (κ2) is 18.6. The summed E-state index contributed by atoms with van der Waals surface area (Å²) in [6.45, 7) is -0.829. The fourth-order valence-electron chi connectivity index (χ4n) is 5.83. The molecule has 0 radical (unpaired) electrons. The number of carbonyl (C=O) groups excluding carboxylic acids is 3. The van der Waals surface area contributed by atoms with E-state index in [9.17, 15) is 40.7 Å². The summed E-state index contributed by atoms with van der Waals surface area (Å²) < 4.78 is 115. The molecule has 5 aromatic rings. The van der Waals surface area contributed by atoms with Crippen LogP contribution in [0.2, 0.25) is 0 Å². The van der Waals surface area contributed by atoms with E-state index >= 15 is 0 Å². The van der Waals surface area contributed by atoms with Crippen LogP contribution in [-0.4, -0.2) is 73.4 Å². The fraction of sp³-hybridized carbons (Fsp3) is 0.186. The van der Waals surface area contributed by atoms with Crippen molar-refractivity contribution in [2.24, 2.45) is 9.98 Å². The Morgan fingerprint density at radius 1 is 0.593 bits per heavy atom. The number of para-hydroxylation sites is 1. The van der Waals surface area contributed by atoms with Crippen LogP contribution in [-0.2, 0) is 29.9 Å². The molecule has 1 aliphatic heterocycles. The van der Waals surface area contributed by atoms with Crippen LogP contribution in [0, 0.1) is 0 Å². The van der Waals surface area contributed by atoms with Gasteiger partial charge >= 0.3 is 30.3 Å². The Balaban J connectivity index is 1.50. The smallest absolute Gasteiger partial charge is 0.459 e. The quantitative estimate of drug-likeness (QED) is 0.0426. The molecule has 1 fully saturated rings. The van der Waals surface area contributed by atoms with Gasteiger partial charge in [0.15, 0.2) is 18.2 Å². The minimum atomic E-state index is -5.31. The number of alkyl halides is 6. The second-order valence-electron chi connectivity index (χ2n) is 12.7. The number of halogens is 6. The van der Waals surface area contributed by atoms with Gasteiger partial charge < -0.3 is 23.7 Å². The number of carbonyl (C=O) groups is 3. The Labute approximate surface area is 332 Å². The first-order chi connectivity index (χ1) is 28.3. The summed E-state index contributed by atoms with van der Waals surface area (Å²) >= 11 is 0. The molecule has 5 atom stereocenters. The van der Waals surface area contributed by atoms with Crippen LogP contribution in [0.5, 0.6) is 0 Å². The molecule has 5 aromatic carbocycles. The van der Waals surface area contributed by atoms with Gasteiger partial charge in [-0.2, -0.15) is 26.3 Å². The normalized spacial score (nSPS) is 19.8. The first-order valence-corrected chi connectivity index (χ1v) is 17.7. The van der Waals surface area contributed by atoms with E-state index in [2.05, 4.69) is 9.98 Å². The number of nitrogens with zero attached hydrogens (tertiary/aromatic N) is 2. The van der Waals surface area contributed by atoms with Crippen LogP contribution in [0.4, 0.5) is 32.0 Å². The summed E-state index contributed by atoms with van der Waals surface area (Å²) in [6.07, 6.45) is -17.4. The predicted octanol–water partition coefficient (Wildman–Crippen LogP) is 8.84. The van der Waals surface area contributed by atoms with Crippen LogP contribution in [0.25, 0.3) is 0 Å². The van der Waals surface area contributed by atoms with Crippen LogP contribution >= 0.6 is 0 Å². The van der Waals surface area contributed by atoms with Gasteiger partial charge in [0, 0.05) is 11.8 Å². The lowest BCUT2D eigenvalue weighted by atomic mass is 9.96. The largest absolute Gasteiger partial charge is 0.468 e. The number of benzene rings is 5. The summed E-state index contributed by atoms with van der Waals surface area (Å²) in [5, 5.41) is 0. The molecule has 0 spiro atoms. The number of esters is 3. The Morgan fingerprint density at radius 3 is 1.59 bits per heavy atom. The number of aliphatic imine (C=N–C) groups is 2. The van der Waals surface area contributed by atoms with Crippen molar-refractivity contribution in [3.8, 4) is 0 Å². The molecule has 1 saturated heterocycles. The van der Waals surface area contributed by atoms with Gasteiger partial charge in [0.1, 0.15) is 12.7 Å². The van der Waals surface area contributed by atoms with Gasteiger partial charge in [0.2, 0.25) is 6.29 Å². The average molecular weight is 819 g/mol. The molecule has 0 unspecified atom stereocenters. The van der Waals surface area contributed by atoms with Gasteiger partial charge in [-0.05, 0) is 54.6 Å². The molecule has 16 heteroatoms. The van der Waals surface area contributed by atoms with Gasteiger partial charge in [-0.15, -0.1) is 0 Å². The summed E-state index contributed by atoms with van der Waals surface area (Å²) in [5.74, 6) is -4.92. The van der Waals surface area contributed by atoms with Crippen molar-refractivity contribution in [2.75, 3.05) is 6.61 Å². The van der Waals surface area contributed by atoms with E-state index in [1.54, 1.807) is 30.3 Å². The molecule has 6 rings (SSSR count). The van der Waals surface area contributed by atoms with Gasteiger partial charge in [-0.1, -0.05) is 91.0 Å². The number of ether oxygens (including phenoxy) is 5. The maximum absolute atomic E-state index is 14.7. The van der Waals surface area contributed by atoms with E-state index in [0.29, 0.717) is 6.21 Å². The van der Waals surface area contributed by atoms with Crippen LogP contribution in [0.3, 0.4) is 0 Å². The molecule has 1 aliphatic rings. The van der Waals surface area contributed by atoms with Crippen LogP contribution in [0.15, 0.2) is 156 Å². The molecule has 0 bridgehead atoms. The molecule has 10 nitrogen and oxygen atoms in total. The zero-order chi connectivity index (χ0) is 42.0. The number of hydrogen-bond acceptors (Lipinski definition) is 10. The molecule has 59 heavy (non-hydrogen) atoms. The summed E-state index contributed by atoms with van der Waals surface area (Å²) in [7, 11) is 0. The standard InChI is InChI=1S/C43H32F6N2O8/c44-42(45,46)32-24-14-13-21-30(32)25-50-34-36(58-39(54)29-19-9-3-10-20-29)35(57-38(53)28-17-7-2-8-18-28)33(26-55-37(52)27-15-5-1-6-16-27)56-40(34)59-41(43(47,48)49)51-31-22-11-4-12-23-31/h1-25,33-36,40H,26H2/t33-,34-,35-,36-,40-/m1/s1. The topological polar surface area (TPSA) is 122 Å². The van der Waals surface area contributed by atoms with Crippen LogP contribution < -0.4 is 0 Å². The summed E-state index contributed by atoms with van der Waals surface area (Å²) in [5.41, 5.74) is -1.91. The maximum Gasteiger partial charge on any atom is 0.468 e. The van der Waals surface area contributed by atoms with Crippen molar-refractivity contribution in [1.29, 1.82) is 0 Å². The third kappa shape index (κ3) is 11.0. The van der Waals surface area contributed by atoms with E-state index in [1.165, 1.54) is 97.1 Å². The van der Waals surface area contributed by atoms with Crippen LogP contribution in [0.1, 0.15) is 42.2 Å².